The van der Waals surface area contributed by atoms with Crippen molar-refractivity contribution in [3.05, 3.63) is 18.3 Å². The van der Waals surface area contributed by atoms with Crippen molar-refractivity contribution < 1.29 is 8.94 Å². The normalized spacial score (nSPS) is 14.9. The zero-order valence-corrected chi connectivity index (χ0v) is 7.51. The van der Waals surface area contributed by atoms with Gasteiger partial charge in [-0.1, -0.05) is 0 Å². The highest BCUT2D eigenvalue weighted by atomic mass is 35.5. The third-order valence-electron chi connectivity index (χ3n) is 0.979. The minimum atomic E-state index is -2.73. The lowest BCUT2D eigenvalue weighted by Crippen LogP contribution is -2.20. The van der Waals surface area contributed by atoms with Gasteiger partial charge in [0.15, 0.2) is 0 Å². The Bertz CT molecular complexity index is 223. The second kappa shape index (κ2) is 3.23. The zero-order chi connectivity index (χ0) is 8.48. The average molecular weight is 216 g/mol. The molecule has 1 aromatic heterocycles. The predicted molar refractivity (Wildman–Crippen MR) is 42.7 cm³/mol. The first-order valence-electron chi connectivity index (χ1n) is 2.64. The number of hydrogen-bond donors (Lipinski definition) is 1. The molecule has 0 aliphatic heterocycles. The molecule has 1 atom stereocenters. The molecule has 2 nitrogen and oxygen atoms in total. The molecule has 1 rings (SSSR count). The van der Waals surface area contributed by atoms with Crippen LogP contribution in [0.25, 0.3) is 0 Å². The maximum absolute atomic E-state index is 12.6. The van der Waals surface area contributed by atoms with Crippen molar-refractivity contribution in [3.63, 3.8) is 0 Å². The molecule has 0 spiro atoms. The summed E-state index contributed by atoms with van der Waals surface area (Å²) in [6.45, 7) is 0. The average Bonchev–Trinajstić information content (AvgIpc) is 2.34. The number of H-pyrrole nitrogens is 1. The third-order valence-corrected chi connectivity index (χ3v) is 2.89. The molecule has 1 N–H and O–H groups in total. The molecular formula is C5H4Cl2FNOS. The number of halogens is 3. The number of rotatable bonds is 2. The Hall–Kier alpha value is 0.1000. The molecule has 0 aromatic carbocycles. The minimum Gasteiger partial charge on any atom is -0.606 e. The van der Waals surface area contributed by atoms with Crippen LogP contribution in [0.4, 0.5) is 4.39 Å². The largest absolute Gasteiger partial charge is 0.606 e. The molecule has 0 aliphatic rings. The van der Waals surface area contributed by atoms with Crippen molar-refractivity contribution >= 4 is 34.4 Å². The van der Waals surface area contributed by atoms with Crippen LogP contribution in [-0.2, 0) is 11.2 Å². The fourth-order valence-electron chi connectivity index (χ4n) is 0.554. The van der Waals surface area contributed by atoms with Crippen LogP contribution in [0.2, 0.25) is 0 Å². The number of hydrogen-bond acceptors (Lipinski definition) is 1. The molecule has 1 heterocycles. The van der Waals surface area contributed by atoms with E-state index in [4.69, 9.17) is 23.2 Å². The van der Waals surface area contributed by atoms with Gasteiger partial charge in [0.2, 0.25) is 5.03 Å². The van der Waals surface area contributed by atoms with Gasteiger partial charge < -0.3 is 9.54 Å². The van der Waals surface area contributed by atoms with Gasteiger partial charge in [0.25, 0.3) is 0 Å². The first-order chi connectivity index (χ1) is 5.02. The molecule has 0 amide bonds. The smallest absolute Gasteiger partial charge is 0.424 e. The summed E-state index contributed by atoms with van der Waals surface area (Å²) >= 11 is 7.85. The fraction of sp³-hybridized carbons (Fsp3) is 0.200. The van der Waals surface area contributed by atoms with E-state index in [1.807, 2.05) is 0 Å². The molecule has 6 heteroatoms. The van der Waals surface area contributed by atoms with Crippen molar-refractivity contribution in [3.8, 4) is 0 Å². The lowest BCUT2D eigenvalue weighted by molar-refractivity contribution is 0.467. The molecule has 0 fully saturated rings. The number of aromatic amines is 1. The lowest BCUT2D eigenvalue weighted by Gasteiger charge is -2.12. The van der Waals surface area contributed by atoms with Crippen molar-refractivity contribution in [2.45, 2.75) is 8.95 Å². The van der Waals surface area contributed by atoms with E-state index in [0.29, 0.717) is 0 Å². The number of nitrogens with one attached hydrogen (secondary N) is 1. The second-order valence-corrected chi connectivity index (χ2v) is 4.97. The lowest BCUT2D eigenvalue weighted by atomic mass is 10.7. The monoisotopic (exact) mass is 215 g/mol. The molecule has 0 saturated heterocycles. The Balaban J connectivity index is 2.78. The van der Waals surface area contributed by atoms with Gasteiger partial charge in [0.1, 0.15) is 0 Å². The maximum atomic E-state index is 12.6. The minimum absolute atomic E-state index is 0.164. The molecule has 1 unspecified atom stereocenters. The summed E-state index contributed by atoms with van der Waals surface area (Å²) in [7, 11) is 0. The molecule has 62 valence electrons. The van der Waals surface area contributed by atoms with Gasteiger partial charge in [0.05, 0.1) is 11.2 Å². The quantitative estimate of drug-likeness (QED) is 0.597. The van der Waals surface area contributed by atoms with E-state index in [-0.39, 0.29) is 5.03 Å². The summed E-state index contributed by atoms with van der Waals surface area (Å²) < 4.78 is 20.8. The highest BCUT2D eigenvalue weighted by Gasteiger charge is 2.40. The maximum Gasteiger partial charge on any atom is 0.424 e. The molecule has 11 heavy (non-hydrogen) atoms. The van der Waals surface area contributed by atoms with E-state index < -0.39 is 15.1 Å². The topological polar surface area (TPSA) is 38.8 Å². The van der Waals surface area contributed by atoms with Crippen LogP contribution in [0.15, 0.2) is 23.4 Å². The van der Waals surface area contributed by atoms with Crippen LogP contribution < -0.4 is 0 Å². The first kappa shape index (κ1) is 9.19. The first-order valence-corrected chi connectivity index (χ1v) is 4.54. The molecule has 0 aliphatic carbocycles. The molecule has 0 saturated carbocycles. The summed E-state index contributed by atoms with van der Waals surface area (Å²) in [6, 6.07) is 3.02. The SMILES string of the molecule is [O-][S+](c1ccc[nH]1)C(F)(Cl)Cl. The Labute approximate surface area is 75.9 Å². The van der Waals surface area contributed by atoms with Gasteiger partial charge in [-0.3, -0.25) is 0 Å². The van der Waals surface area contributed by atoms with Gasteiger partial charge >= 0.3 is 3.92 Å². The fourth-order valence-corrected chi connectivity index (χ4v) is 1.68. The van der Waals surface area contributed by atoms with Crippen molar-refractivity contribution in [1.82, 2.24) is 4.98 Å². The van der Waals surface area contributed by atoms with Crippen LogP contribution in [0, 0.1) is 0 Å². The Morgan fingerprint density at radius 1 is 1.64 bits per heavy atom. The number of aromatic nitrogens is 1. The molecule has 0 bridgehead atoms. The standard InChI is InChI=1S/C5H4Cl2FNOS/c6-5(7,8)11(10)4-2-1-3-9-4/h1-3,9H. The van der Waals surface area contributed by atoms with Gasteiger partial charge in [-0.05, 0) is 29.3 Å². The van der Waals surface area contributed by atoms with Crippen LogP contribution in [0.3, 0.4) is 0 Å². The molecular weight excluding hydrogens is 212 g/mol. The van der Waals surface area contributed by atoms with E-state index in [1.54, 1.807) is 6.07 Å². The van der Waals surface area contributed by atoms with Gasteiger partial charge in [-0.25, -0.2) is 0 Å². The predicted octanol–water partition coefficient (Wildman–Crippen LogP) is 2.18. The third kappa shape index (κ3) is 2.27. The molecule has 1 aromatic rings. The Morgan fingerprint density at radius 3 is 2.64 bits per heavy atom. The van der Waals surface area contributed by atoms with Crippen molar-refractivity contribution in [2.24, 2.45) is 0 Å². The summed E-state index contributed by atoms with van der Waals surface area (Å²) in [5, 5.41) is 0.164. The van der Waals surface area contributed by atoms with Gasteiger partial charge in [-0.2, -0.15) is 4.39 Å². The van der Waals surface area contributed by atoms with E-state index in [0.717, 1.165) is 0 Å². The van der Waals surface area contributed by atoms with Crippen LogP contribution in [0.5, 0.6) is 0 Å². The molecule has 0 radical (unpaired) electrons. The van der Waals surface area contributed by atoms with Crippen LogP contribution in [0.1, 0.15) is 0 Å². The summed E-state index contributed by atoms with van der Waals surface area (Å²) in [4.78, 5) is 2.53. The van der Waals surface area contributed by atoms with E-state index >= 15 is 0 Å². The summed E-state index contributed by atoms with van der Waals surface area (Å²) in [5.41, 5.74) is 0. The van der Waals surface area contributed by atoms with Gasteiger partial charge in [-0.15, -0.1) is 0 Å². The van der Waals surface area contributed by atoms with E-state index in [1.165, 1.54) is 12.3 Å². The second-order valence-electron chi connectivity index (χ2n) is 1.75. The van der Waals surface area contributed by atoms with E-state index in [2.05, 4.69) is 4.98 Å². The van der Waals surface area contributed by atoms with Crippen molar-refractivity contribution in [1.29, 1.82) is 0 Å². The Kier molecular flexibility index (Phi) is 2.70. The van der Waals surface area contributed by atoms with Gasteiger partial charge in [0, 0.05) is 12.3 Å². The van der Waals surface area contributed by atoms with Crippen LogP contribution in [-0.4, -0.2) is 13.5 Å². The van der Waals surface area contributed by atoms with E-state index in [9.17, 15) is 8.94 Å². The highest BCUT2D eigenvalue weighted by Crippen LogP contribution is 2.34. The van der Waals surface area contributed by atoms with Crippen molar-refractivity contribution in [2.75, 3.05) is 0 Å². The highest BCUT2D eigenvalue weighted by molar-refractivity contribution is 7.95. The summed E-state index contributed by atoms with van der Waals surface area (Å²) in [5.74, 6) is 0. The zero-order valence-electron chi connectivity index (χ0n) is 5.18. The van der Waals surface area contributed by atoms with Crippen LogP contribution >= 0.6 is 23.2 Å². The summed E-state index contributed by atoms with van der Waals surface area (Å²) in [6.07, 6.45) is 1.51. The Morgan fingerprint density at radius 2 is 2.27 bits per heavy atom. The number of alkyl halides is 3.